The van der Waals surface area contributed by atoms with Crippen molar-refractivity contribution in [3.63, 3.8) is 0 Å². The van der Waals surface area contributed by atoms with E-state index in [9.17, 15) is 4.39 Å². The fraction of sp³-hybridized carbons (Fsp3) is 0.333. The van der Waals surface area contributed by atoms with E-state index in [1.165, 1.54) is 17.7 Å². The maximum atomic E-state index is 13.4. The van der Waals surface area contributed by atoms with Crippen LogP contribution in [0.15, 0.2) is 42.5 Å². The first-order chi connectivity index (χ1) is 10.1. The summed E-state index contributed by atoms with van der Waals surface area (Å²) in [6, 6.07) is 12.7. The Balaban J connectivity index is 2.24. The summed E-state index contributed by atoms with van der Waals surface area (Å²) in [5, 5.41) is 3.20. The number of halogens is 1. The van der Waals surface area contributed by atoms with Gasteiger partial charge in [0.15, 0.2) is 0 Å². The fourth-order valence-electron chi connectivity index (χ4n) is 2.11. The van der Waals surface area contributed by atoms with E-state index < -0.39 is 0 Å². The van der Waals surface area contributed by atoms with Gasteiger partial charge in [0, 0.05) is 12.1 Å². The van der Waals surface area contributed by atoms with Crippen LogP contribution in [0, 0.1) is 5.82 Å². The Morgan fingerprint density at radius 3 is 2.67 bits per heavy atom. The molecule has 21 heavy (non-hydrogen) atoms. The van der Waals surface area contributed by atoms with Gasteiger partial charge in [0.05, 0.1) is 0 Å². The molecular weight excluding hydrogens is 265 g/mol. The zero-order chi connectivity index (χ0) is 15.2. The molecule has 3 heteroatoms. The molecule has 0 fully saturated rings. The van der Waals surface area contributed by atoms with E-state index in [1.807, 2.05) is 25.1 Å². The summed E-state index contributed by atoms with van der Waals surface area (Å²) in [7, 11) is 0. The zero-order valence-electron chi connectivity index (χ0n) is 12.8. The SMILES string of the molecule is CCNCc1cc(F)ccc1Oc1cccc(C(C)C)c1. The van der Waals surface area contributed by atoms with Crippen LogP contribution in [0.1, 0.15) is 37.8 Å². The van der Waals surface area contributed by atoms with Gasteiger partial charge in [-0.05, 0) is 48.4 Å². The van der Waals surface area contributed by atoms with Gasteiger partial charge in [-0.1, -0.05) is 32.9 Å². The minimum Gasteiger partial charge on any atom is -0.457 e. The highest BCUT2D eigenvalue weighted by Crippen LogP contribution is 2.28. The number of hydrogen-bond acceptors (Lipinski definition) is 2. The minimum absolute atomic E-state index is 0.244. The average molecular weight is 287 g/mol. The third-order valence-electron chi connectivity index (χ3n) is 3.34. The van der Waals surface area contributed by atoms with Crippen molar-refractivity contribution in [2.75, 3.05) is 6.54 Å². The number of hydrogen-bond donors (Lipinski definition) is 1. The van der Waals surface area contributed by atoms with Gasteiger partial charge in [-0.15, -0.1) is 0 Å². The summed E-state index contributed by atoms with van der Waals surface area (Å²) < 4.78 is 19.3. The van der Waals surface area contributed by atoms with Crippen LogP contribution in [0.2, 0.25) is 0 Å². The zero-order valence-corrected chi connectivity index (χ0v) is 12.8. The quantitative estimate of drug-likeness (QED) is 0.820. The molecule has 1 N–H and O–H groups in total. The van der Waals surface area contributed by atoms with Crippen molar-refractivity contribution in [2.45, 2.75) is 33.2 Å². The first kappa shape index (κ1) is 15.5. The van der Waals surface area contributed by atoms with Gasteiger partial charge in [-0.3, -0.25) is 0 Å². The normalized spacial score (nSPS) is 10.9. The molecule has 0 heterocycles. The molecule has 0 atom stereocenters. The van der Waals surface area contributed by atoms with Gasteiger partial charge in [0.25, 0.3) is 0 Å². The van der Waals surface area contributed by atoms with Crippen molar-refractivity contribution in [1.29, 1.82) is 0 Å². The Labute approximate surface area is 126 Å². The fourth-order valence-corrected chi connectivity index (χ4v) is 2.11. The highest BCUT2D eigenvalue weighted by Gasteiger charge is 2.08. The molecular formula is C18H22FNO. The summed E-state index contributed by atoms with van der Waals surface area (Å²) in [5.74, 6) is 1.68. The Morgan fingerprint density at radius 1 is 1.14 bits per heavy atom. The molecule has 0 aliphatic carbocycles. The molecule has 2 rings (SSSR count). The third kappa shape index (κ3) is 4.30. The Morgan fingerprint density at radius 2 is 1.95 bits per heavy atom. The predicted octanol–water partition coefficient (Wildman–Crippen LogP) is 4.85. The number of nitrogens with one attached hydrogen (secondary N) is 1. The monoisotopic (exact) mass is 287 g/mol. The summed E-state index contributed by atoms with van der Waals surface area (Å²) in [6.45, 7) is 7.74. The van der Waals surface area contributed by atoms with Crippen molar-refractivity contribution in [3.05, 3.63) is 59.4 Å². The molecule has 112 valence electrons. The number of benzene rings is 2. The smallest absolute Gasteiger partial charge is 0.132 e. The lowest BCUT2D eigenvalue weighted by Crippen LogP contribution is -2.12. The third-order valence-corrected chi connectivity index (χ3v) is 3.34. The van der Waals surface area contributed by atoms with Gasteiger partial charge >= 0.3 is 0 Å². The molecule has 2 nitrogen and oxygen atoms in total. The summed E-state index contributed by atoms with van der Waals surface area (Å²) in [4.78, 5) is 0. The molecule has 0 radical (unpaired) electrons. The lowest BCUT2D eigenvalue weighted by molar-refractivity contribution is 0.469. The van der Waals surface area contributed by atoms with Crippen LogP contribution in [0.3, 0.4) is 0 Å². The molecule has 2 aromatic rings. The molecule has 0 spiro atoms. The van der Waals surface area contributed by atoms with E-state index >= 15 is 0 Å². The van der Waals surface area contributed by atoms with Crippen molar-refractivity contribution in [1.82, 2.24) is 5.32 Å². The van der Waals surface area contributed by atoms with Crippen LogP contribution in [0.4, 0.5) is 4.39 Å². The first-order valence-electron chi connectivity index (χ1n) is 7.37. The van der Waals surface area contributed by atoms with Gasteiger partial charge < -0.3 is 10.1 Å². The highest BCUT2D eigenvalue weighted by atomic mass is 19.1. The molecule has 0 saturated heterocycles. The van der Waals surface area contributed by atoms with E-state index in [0.717, 1.165) is 17.9 Å². The molecule has 0 saturated carbocycles. The lowest BCUT2D eigenvalue weighted by Gasteiger charge is -2.13. The molecule has 0 bridgehead atoms. The van der Waals surface area contributed by atoms with Crippen molar-refractivity contribution in [2.24, 2.45) is 0 Å². The van der Waals surface area contributed by atoms with Gasteiger partial charge in [0.2, 0.25) is 0 Å². The van der Waals surface area contributed by atoms with E-state index in [-0.39, 0.29) is 5.82 Å². The van der Waals surface area contributed by atoms with Crippen LogP contribution in [0.25, 0.3) is 0 Å². The Bertz CT molecular complexity index is 596. The van der Waals surface area contributed by atoms with Gasteiger partial charge in [-0.25, -0.2) is 4.39 Å². The van der Waals surface area contributed by atoms with Crippen LogP contribution in [0.5, 0.6) is 11.5 Å². The maximum Gasteiger partial charge on any atom is 0.132 e. The van der Waals surface area contributed by atoms with Crippen molar-refractivity contribution >= 4 is 0 Å². The summed E-state index contributed by atoms with van der Waals surface area (Å²) in [5.41, 5.74) is 2.05. The van der Waals surface area contributed by atoms with Crippen LogP contribution in [-0.4, -0.2) is 6.54 Å². The molecule has 0 aromatic heterocycles. The molecule has 0 unspecified atom stereocenters. The Kier molecular flexibility index (Phi) is 5.34. The molecule has 2 aromatic carbocycles. The average Bonchev–Trinajstić information content (AvgIpc) is 2.47. The van der Waals surface area contributed by atoms with Crippen LogP contribution in [-0.2, 0) is 6.54 Å². The maximum absolute atomic E-state index is 13.4. The highest BCUT2D eigenvalue weighted by molar-refractivity contribution is 5.39. The second-order valence-electron chi connectivity index (χ2n) is 5.36. The van der Waals surface area contributed by atoms with E-state index in [4.69, 9.17) is 4.74 Å². The van der Waals surface area contributed by atoms with E-state index in [1.54, 1.807) is 6.07 Å². The molecule has 0 amide bonds. The molecule has 0 aliphatic heterocycles. The van der Waals surface area contributed by atoms with Crippen molar-refractivity contribution < 1.29 is 9.13 Å². The largest absolute Gasteiger partial charge is 0.457 e. The Hall–Kier alpha value is -1.87. The van der Waals surface area contributed by atoms with Gasteiger partial charge in [0.1, 0.15) is 17.3 Å². The minimum atomic E-state index is -0.244. The molecule has 0 aliphatic rings. The van der Waals surface area contributed by atoms with Crippen molar-refractivity contribution in [3.8, 4) is 11.5 Å². The number of ether oxygens (including phenoxy) is 1. The topological polar surface area (TPSA) is 21.3 Å². The van der Waals surface area contributed by atoms with Crippen LogP contribution < -0.4 is 10.1 Å². The summed E-state index contributed by atoms with van der Waals surface area (Å²) >= 11 is 0. The summed E-state index contributed by atoms with van der Waals surface area (Å²) in [6.07, 6.45) is 0. The lowest BCUT2D eigenvalue weighted by atomic mass is 10.0. The first-order valence-corrected chi connectivity index (χ1v) is 7.37. The standard InChI is InChI=1S/C18H22FNO/c1-4-20-12-15-10-16(19)8-9-18(15)21-17-7-5-6-14(11-17)13(2)3/h5-11,13,20H,4,12H2,1-3H3. The van der Waals surface area contributed by atoms with E-state index in [2.05, 4.69) is 25.2 Å². The second kappa shape index (κ2) is 7.23. The predicted molar refractivity (Wildman–Crippen MR) is 84.4 cm³/mol. The van der Waals surface area contributed by atoms with Crippen LogP contribution >= 0.6 is 0 Å². The van der Waals surface area contributed by atoms with E-state index in [0.29, 0.717) is 18.2 Å². The second-order valence-corrected chi connectivity index (χ2v) is 5.36. The number of rotatable bonds is 6. The van der Waals surface area contributed by atoms with Gasteiger partial charge in [-0.2, -0.15) is 0 Å².